The van der Waals surface area contributed by atoms with E-state index >= 15 is 0 Å². The minimum Gasteiger partial charge on any atom is -0.309 e. The molecule has 2 bridgehead atoms. The van der Waals surface area contributed by atoms with Crippen molar-refractivity contribution in [1.82, 2.24) is 0 Å². The lowest BCUT2D eigenvalue weighted by atomic mass is 9.86. The minimum atomic E-state index is 0.258. The fourth-order valence-electron chi connectivity index (χ4n) is 4.05. The third-order valence-corrected chi connectivity index (χ3v) is 5.00. The molecule has 0 aliphatic heterocycles. The fourth-order valence-corrected chi connectivity index (χ4v) is 4.05. The normalized spacial score (nSPS) is 27.5. The zero-order chi connectivity index (χ0) is 13.9. The van der Waals surface area contributed by atoms with Crippen LogP contribution in [0.15, 0.2) is 43.0 Å². The van der Waals surface area contributed by atoms with Crippen LogP contribution in [0.2, 0.25) is 0 Å². The van der Waals surface area contributed by atoms with E-state index in [0.29, 0.717) is 18.9 Å². The number of rotatable bonds is 5. The Bertz CT molecular complexity index is 481. The Labute approximate surface area is 121 Å². The van der Waals surface area contributed by atoms with Crippen molar-refractivity contribution >= 4 is 11.6 Å². The van der Waals surface area contributed by atoms with Gasteiger partial charge in [-0.3, -0.25) is 4.79 Å². The monoisotopic (exact) mass is 269 g/mol. The molecule has 0 N–H and O–H groups in total. The van der Waals surface area contributed by atoms with Crippen LogP contribution in [0.1, 0.15) is 32.1 Å². The van der Waals surface area contributed by atoms with Crippen molar-refractivity contribution in [2.75, 3.05) is 11.4 Å². The van der Waals surface area contributed by atoms with Gasteiger partial charge in [-0.25, -0.2) is 0 Å². The molecule has 1 amide bonds. The van der Waals surface area contributed by atoms with Gasteiger partial charge in [-0.2, -0.15) is 0 Å². The van der Waals surface area contributed by atoms with Gasteiger partial charge in [-0.1, -0.05) is 30.7 Å². The van der Waals surface area contributed by atoms with E-state index < -0.39 is 0 Å². The zero-order valence-corrected chi connectivity index (χ0v) is 12.0. The lowest BCUT2D eigenvalue weighted by molar-refractivity contribution is -0.119. The lowest BCUT2D eigenvalue weighted by Crippen LogP contribution is -2.33. The molecular weight excluding hydrogens is 246 g/mol. The quantitative estimate of drug-likeness (QED) is 0.739. The zero-order valence-electron chi connectivity index (χ0n) is 12.0. The second kappa shape index (κ2) is 5.82. The average molecular weight is 269 g/mol. The number of amides is 1. The van der Waals surface area contributed by atoms with E-state index in [1.807, 2.05) is 41.3 Å². The number of carbonyl (C=O) groups is 1. The van der Waals surface area contributed by atoms with Crippen LogP contribution in [0.25, 0.3) is 0 Å². The van der Waals surface area contributed by atoms with Crippen molar-refractivity contribution in [3.05, 3.63) is 43.0 Å². The van der Waals surface area contributed by atoms with Crippen molar-refractivity contribution in [2.24, 2.45) is 17.8 Å². The van der Waals surface area contributed by atoms with Crippen LogP contribution < -0.4 is 4.90 Å². The first-order valence-electron chi connectivity index (χ1n) is 7.74. The van der Waals surface area contributed by atoms with Crippen LogP contribution >= 0.6 is 0 Å². The van der Waals surface area contributed by atoms with Gasteiger partial charge in [0.1, 0.15) is 0 Å². The fraction of sp³-hybridized carbons (Fsp3) is 0.500. The third kappa shape index (κ3) is 2.65. The number of nitrogens with zero attached hydrogens (tertiary/aromatic N) is 1. The SMILES string of the molecule is C=CCN(C(=O)CC1CC2CCC1C2)c1ccccc1. The van der Waals surface area contributed by atoms with Crippen molar-refractivity contribution in [3.8, 4) is 0 Å². The molecule has 2 heteroatoms. The van der Waals surface area contributed by atoms with Gasteiger partial charge in [0, 0.05) is 18.7 Å². The molecule has 20 heavy (non-hydrogen) atoms. The highest BCUT2D eigenvalue weighted by molar-refractivity contribution is 5.93. The van der Waals surface area contributed by atoms with Gasteiger partial charge in [-0.15, -0.1) is 6.58 Å². The Morgan fingerprint density at radius 2 is 2.05 bits per heavy atom. The molecule has 0 saturated heterocycles. The number of benzene rings is 1. The molecule has 1 aromatic rings. The number of anilines is 1. The highest BCUT2D eigenvalue weighted by atomic mass is 16.2. The van der Waals surface area contributed by atoms with Crippen LogP contribution in [-0.2, 0) is 4.79 Å². The van der Waals surface area contributed by atoms with Gasteiger partial charge in [0.25, 0.3) is 0 Å². The number of carbonyl (C=O) groups excluding carboxylic acids is 1. The molecule has 1 aromatic carbocycles. The molecular formula is C18H23NO. The minimum absolute atomic E-state index is 0.258. The Morgan fingerprint density at radius 1 is 1.25 bits per heavy atom. The summed E-state index contributed by atoms with van der Waals surface area (Å²) in [4.78, 5) is 14.5. The van der Waals surface area contributed by atoms with Gasteiger partial charge < -0.3 is 4.90 Å². The molecule has 0 radical (unpaired) electrons. The predicted molar refractivity (Wildman–Crippen MR) is 82.5 cm³/mol. The molecule has 106 valence electrons. The van der Waals surface area contributed by atoms with Crippen molar-refractivity contribution in [1.29, 1.82) is 0 Å². The first kappa shape index (κ1) is 13.4. The standard InChI is InChI=1S/C18H23NO/c1-2-10-19(17-6-4-3-5-7-17)18(20)13-16-12-14-8-9-15(16)11-14/h2-7,14-16H,1,8-13H2. The number of hydrogen-bond donors (Lipinski definition) is 0. The van der Waals surface area contributed by atoms with E-state index in [1.165, 1.54) is 25.7 Å². The summed E-state index contributed by atoms with van der Waals surface area (Å²) in [6, 6.07) is 9.95. The Balaban J connectivity index is 1.68. The summed E-state index contributed by atoms with van der Waals surface area (Å²) in [6.07, 6.45) is 7.90. The first-order valence-corrected chi connectivity index (χ1v) is 7.74. The Hall–Kier alpha value is -1.57. The molecule has 2 aliphatic carbocycles. The van der Waals surface area contributed by atoms with Crippen LogP contribution in [-0.4, -0.2) is 12.5 Å². The van der Waals surface area contributed by atoms with Gasteiger partial charge in [0.2, 0.25) is 5.91 Å². The Kier molecular flexibility index (Phi) is 3.90. The van der Waals surface area contributed by atoms with Crippen molar-refractivity contribution in [2.45, 2.75) is 32.1 Å². The average Bonchev–Trinajstić information content (AvgIpc) is 3.08. The van der Waals surface area contributed by atoms with E-state index in [2.05, 4.69) is 6.58 Å². The maximum atomic E-state index is 12.6. The molecule has 2 saturated carbocycles. The number of para-hydroxylation sites is 1. The summed E-state index contributed by atoms with van der Waals surface area (Å²) in [5, 5.41) is 0. The lowest BCUT2D eigenvalue weighted by Gasteiger charge is -2.26. The third-order valence-electron chi connectivity index (χ3n) is 5.00. The summed E-state index contributed by atoms with van der Waals surface area (Å²) < 4.78 is 0. The second-order valence-electron chi connectivity index (χ2n) is 6.27. The summed E-state index contributed by atoms with van der Waals surface area (Å²) in [6.45, 7) is 4.39. The topological polar surface area (TPSA) is 20.3 Å². The van der Waals surface area contributed by atoms with Gasteiger partial charge in [0.15, 0.2) is 0 Å². The van der Waals surface area contributed by atoms with E-state index in [0.717, 1.165) is 17.5 Å². The van der Waals surface area contributed by atoms with E-state index in [4.69, 9.17) is 0 Å². The van der Waals surface area contributed by atoms with Gasteiger partial charge in [0.05, 0.1) is 0 Å². The van der Waals surface area contributed by atoms with Crippen LogP contribution in [0.4, 0.5) is 5.69 Å². The van der Waals surface area contributed by atoms with Gasteiger partial charge >= 0.3 is 0 Å². The van der Waals surface area contributed by atoms with Crippen LogP contribution in [0.3, 0.4) is 0 Å². The van der Waals surface area contributed by atoms with E-state index in [1.54, 1.807) is 0 Å². The molecule has 2 nitrogen and oxygen atoms in total. The molecule has 0 aromatic heterocycles. The number of fused-ring (bicyclic) bond motifs is 2. The molecule has 0 spiro atoms. The number of hydrogen-bond acceptors (Lipinski definition) is 1. The molecule has 3 rings (SSSR count). The first-order chi connectivity index (χ1) is 9.78. The highest BCUT2D eigenvalue weighted by Gasteiger charge is 2.40. The summed E-state index contributed by atoms with van der Waals surface area (Å²) >= 11 is 0. The van der Waals surface area contributed by atoms with Gasteiger partial charge in [-0.05, 0) is 49.1 Å². The molecule has 3 atom stereocenters. The molecule has 3 unspecified atom stereocenters. The summed E-state index contributed by atoms with van der Waals surface area (Å²) in [5.41, 5.74) is 0.987. The second-order valence-corrected chi connectivity index (χ2v) is 6.27. The van der Waals surface area contributed by atoms with E-state index in [9.17, 15) is 4.79 Å². The van der Waals surface area contributed by atoms with Crippen molar-refractivity contribution < 1.29 is 4.79 Å². The maximum Gasteiger partial charge on any atom is 0.227 e. The largest absolute Gasteiger partial charge is 0.309 e. The maximum absolute atomic E-state index is 12.6. The molecule has 2 fully saturated rings. The Morgan fingerprint density at radius 3 is 2.65 bits per heavy atom. The van der Waals surface area contributed by atoms with Crippen LogP contribution in [0.5, 0.6) is 0 Å². The highest BCUT2D eigenvalue weighted by Crippen LogP contribution is 2.49. The summed E-state index contributed by atoms with van der Waals surface area (Å²) in [5.74, 6) is 2.60. The smallest absolute Gasteiger partial charge is 0.227 e. The van der Waals surface area contributed by atoms with Crippen LogP contribution in [0, 0.1) is 17.8 Å². The van der Waals surface area contributed by atoms with Crippen molar-refractivity contribution in [3.63, 3.8) is 0 Å². The summed E-state index contributed by atoms with van der Waals surface area (Å²) in [7, 11) is 0. The molecule has 2 aliphatic rings. The van der Waals surface area contributed by atoms with E-state index in [-0.39, 0.29) is 5.91 Å². The predicted octanol–water partition coefficient (Wildman–Crippen LogP) is 4.03. The molecule has 0 heterocycles.